The lowest BCUT2D eigenvalue weighted by atomic mass is 10.1. The van der Waals surface area contributed by atoms with Crippen LogP contribution in [0.5, 0.6) is 0 Å². The zero-order chi connectivity index (χ0) is 23.4. The summed E-state index contributed by atoms with van der Waals surface area (Å²) in [5.74, 6) is -6.31. The Morgan fingerprint density at radius 2 is 1.37 bits per heavy atom. The van der Waals surface area contributed by atoms with Crippen LogP contribution in [0.1, 0.15) is 32.6 Å². The predicted molar refractivity (Wildman–Crippen MR) is 99.5 cm³/mol. The molecule has 0 aromatic heterocycles. The van der Waals surface area contributed by atoms with Gasteiger partial charge in [0.25, 0.3) is 0 Å². The molecule has 0 aromatic carbocycles. The Morgan fingerprint density at radius 1 is 0.867 bits per heavy atom. The van der Waals surface area contributed by atoms with Crippen molar-refractivity contribution >= 4 is 35.6 Å². The van der Waals surface area contributed by atoms with Crippen molar-refractivity contribution in [2.45, 2.75) is 56.8 Å². The molecule has 0 aliphatic rings. The normalized spacial score (nSPS) is 14.5. The molecule has 0 aliphatic carbocycles. The van der Waals surface area contributed by atoms with Gasteiger partial charge in [0.1, 0.15) is 12.1 Å². The zero-order valence-electron chi connectivity index (χ0n) is 16.3. The third-order valence-electron chi connectivity index (χ3n) is 3.84. The lowest BCUT2D eigenvalue weighted by Gasteiger charge is -2.24. The summed E-state index contributed by atoms with van der Waals surface area (Å²) in [6.07, 6.45) is -2.93. The lowest BCUT2D eigenvalue weighted by Crippen LogP contribution is -2.57. The van der Waals surface area contributed by atoms with E-state index in [1.54, 1.807) is 0 Å². The number of nitrogens with one attached hydrogen (secondary N) is 3. The summed E-state index contributed by atoms with van der Waals surface area (Å²) < 4.78 is 0. The summed E-state index contributed by atoms with van der Waals surface area (Å²) in [6.45, 7) is 0.657. The maximum absolute atomic E-state index is 12.5. The van der Waals surface area contributed by atoms with Gasteiger partial charge in [0, 0.05) is 12.8 Å². The smallest absolute Gasteiger partial charge is 0.328 e. The largest absolute Gasteiger partial charge is 0.481 e. The Kier molecular flexibility index (Phi) is 11.6. The molecule has 0 rings (SSSR count). The van der Waals surface area contributed by atoms with Crippen LogP contribution in [0.4, 0.5) is 0 Å². The summed E-state index contributed by atoms with van der Waals surface area (Å²) in [5.41, 5.74) is 10.2. The number of amides is 4. The fraction of sp³-hybridized carbons (Fsp3) is 0.625. The van der Waals surface area contributed by atoms with Crippen LogP contribution in [-0.4, -0.2) is 81.7 Å². The number of hydrogen-bond donors (Lipinski definition) is 8. The van der Waals surface area contributed by atoms with E-state index in [0.717, 1.165) is 6.92 Å². The van der Waals surface area contributed by atoms with Gasteiger partial charge in [-0.1, -0.05) is 0 Å². The monoisotopic (exact) mass is 433 g/mol. The molecule has 4 atom stereocenters. The average molecular weight is 433 g/mol. The van der Waals surface area contributed by atoms with Crippen molar-refractivity contribution in [3.05, 3.63) is 0 Å². The molecule has 14 nitrogen and oxygen atoms in total. The highest BCUT2D eigenvalue weighted by Crippen LogP contribution is 2.04. The third kappa shape index (κ3) is 10.3. The molecule has 0 aromatic rings. The molecule has 4 amide bonds. The van der Waals surface area contributed by atoms with Crippen molar-refractivity contribution in [2.24, 2.45) is 11.5 Å². The topological polar surface area (TPSA) is 251 Å². The first kappa shape index (κ1) is 26.7. The zero-order valence-corrected chi connectivity index (χ0v) is 16.3. The quantitative estimate of drug-likeness (QED) is 0.132. The van der Waals surface area contributed by atoms with Crippen LogP contribution in [0.25, 0.3) is 0 Å². The third-order valence-corrected chi connectivity index (χ3v) is 3.84. The van der Waals surface area contributed by atoms with Crippen LogP contribution < -0.4 is 27.4 Å². The first-order valence-corrected chi connectivity index (χ1v) is 8.90. The molecule has 170 valence electrons. The van der Waals surface area contributed by atoms with Crippen LogP contribution in [0.2, 0.25) is 0 Å². The fourth-order valence-corrected chi connectivity index (χ4v) is 2.26. The summed E-state index contributed by atoms with van der Waals surface area (Å²) in [6, 6.07) is -4.51. The number of carbonyl (C=O) groups is 6. The van der Waals surface area contributed by atoms with Gasteiger partial charge < -0.3 is 42.7 Å². The molecule has 0 heterocycles. The molecule has 0 fully saturated rings. The highest BCUT2D eigenvalue weighted by molar-refractivity contribution is 5.94. The van der Waals surface area contributed by atoms with Crippen molar-refractivity contribution in [3.63, 3.8) is 0 Å². The molecule has 14 heteroatoms. The minimum Gasteiger partial charge on any atom is -0.481 e. The molecule has 10 N–H and O–H groups in total. The fourth-order valence-electron chi connectivity index (χ4n) is 2.26. The van der Waals surface area contributed by atoms with E-state index in [-0.39, 0.29) is 12.8 Å². The Morgan fingerprint density at radius 3 is 1.80 bits per heavy atom. The molecule has 0 bridgehead atoms. The van der Waals surface area contributed by atoms with Gasteiger partial charge in [0.15, 0.2) is 6.04 Å². The molecule has 0 spiro atoms. The summed E-state index contributed by atoms with van der Waals surface area (Å²) in [5, 5.41) is 33.8. The number of carboxylic acid groups (broad SMARTS) is 2. The van der Waals surface area contributed by atoms with Gasteiger partial charge in [-0.2, -0.15) is 0 Å². The van der Waals surface area contributed by atoms with Gasteiger partial charge >= 0.3 is 11.9 Å². The number of carbonyl (C=O) groups excluding carboxylic acids is 4. The molecule has 30 heavy (non-hydrogen) atoms. The Labute approximate surface area is 171 Å². The van der Waals surface area contributed by atoms with Gasteiger partial charge in [-0.15, -0.1) is 0 Å². The van der Waals surface area contributed by atoms with Gasteiger partial charge in [-0.3, -0.25) is 24.0 Å². The van der Waals surface area contributed by atoms with E-state index in [1.165, 1.54) is 0 Å². The van der Waals surface area contributed by atoms with E-state index in [1.807, 2.05) is 5.32 Å². The molecule has 0 saturated heterocycles. The van der Waals surface area contributed by atoms with E-state index >= 15 is 0 Å². The van der Waals surface area contributed by atoms with Crippen LogP contribution in [0.15, 0.2) is 0 Å². The molecular weight excluding hydrogens is 406 g/mol. The van der Waals surface area contributed by atoms with E-state index in [9.17, 15) is 33.9 Å². The number of aliphatic hydroxyl groups is 1. The van der Waals surface area contributed by atoms with E-state index in [4.69, 9.17) is 21.7 Å². The Balaban J connectivity index is 5.45. The number of nitrogens with two attached hydrogens (primary N) is 2. The van der Waals surface area contributed by atoms with Crippen LogP contribution in [-0.2, 0) is 28.8 Å². The van der Waals surface area contributed by atoms with Gasteiger partial charge in [-0.25, -0.2) is 4.79 Å². The highest BCUT2D eigenvalue weighted by atomic mass is 16.4. The van der Waals surface area contributed by atoms with E-state index in [2.05, 4.69) is 10.6 Å². The number of hydrogen-bond acceptors (Lipinski definition) is 8. The van der Waals surface area contributed by atoms with Crippen molar-refractivity contribution in [1.82, 2.24) is 16.0 Å². The molecule has 0 saturated carbocycles. The predicted octanol–water partition coefficient (Wildman–Crippen LogP) is -4.00. The van der Waals surface area contributed by atoms with E-state index < -0.39 is 79.2 Å². The molecule has 0 aliphatic heterocycles. The molecule has 0 radical (unpaired) electrons. The lowest BCUT2D eigenvalue weighted by molar-refractivity contribution is -0.145. The second kappa shape index (κ2) is 13.1. The van der Waals surface area contributed by atoms with Crippen molar-refractivity contribution in [3.8, 4) is 0 Å². The molecule has 4 unspecified atom stereocenters. The summed E-state index contributed by atoms with van der Waals surface area (Å²) in [4.78, 5) is 69.4. The van der Waals surface area contributed by atoms with Crippen LogP contribution >= 0.6 is 0 Å². The summed E-state index contributed by atoms with van der Waals surface area (Å²) >= 11 is 0. The average Bonchev–Trinajstić information content (AvgIpc) is 2.64. The summed E-state index contributed by atoms with van der Waals surface area (Å²) in [7, 11) is 0. The number of rotatable bonds is 14. The highest BCUT2D eigenvalue weighted by Gasteiger charge is 2.31. The van der Waals surface area contributed by atoms with Crippen molar-refractivity contribution < 1.29 is 44.1 Å². The first-order valence-electron chi connectivity index (χ1n) is 8.90. The minimum atomic E-state index is -1.70. The number of primary amides is 1. The van der Waals surface area contributed by atoms with Gasteiger partial charge in [0.05, 0.1) is 12.6 Å². The van der Waals surface area contributed by atoms with Crippen LogP contribution in [0.3, 0.4) is 0 Å². The van der Waals surface area contributed by atoms with Gasteiger partial charge in [0.2, 0.25) is 23.6 Å². The maximum Gasteiger partial charge on any atom is 0.328 e. The second-order valence-corrected chi connectivity index (χ2v) is 6.39. The maximum atomic E-state index is 12.5. The van der Waals surface area contributed by atoms with Gasteiger partial charge in [-0.05, 0) is 19.8 Å². The SMILES string of the molecule is CC(O)C(NC(=O)C(CCC(=O)O)NC(=O)C(CCC(N)=O)NC(=O)CN)C(=O)O. The number of carboxylic acids is 2. The minimum absolute atomic E-state index is 0.217. The van der Waals surface area contributed by atoms with Crippen molar-refractivity contribution in [1.29, 1.82) is 0 Å². The number of aliphatic hydroxyl groups excluding tert-OH is 1. The molecular formula is C16H27N5O9. The Bertz CT molecular complexity index is 667. The number of aliphatic carboxylic acids is 2. The first-order chi connectivity index (χ1) is 13.9. The van der Waals surface area contributed by atoms with Crippen LogP contribution in [0, 0.1) is 0 Å². The van der Waals surface area contributed by atoms with E-state index in [0.29, 0.717) is 0 Å². The van der Waals surface area contributed by atoms with Crippen molar-refractivity contribution in [2.75, 3.05) is 6.54 Å². The standard InChI is InChI=1S/C16H27N5O9/c1-7(22)13(16(29)30)21-15(28)9(3-5-12(25)26)20-14(27)8(2-4-10(18)23)19-11(24)6-17/h7-9,13,22H,2-6,17H2,1H3,(H2,18,23)(H,19,24)(H,20,27)(H,21,28)(H,25,26)(H,29,30). The second-order valence-electron chi connectivity index (χ2n) is 6.39. The Hall–Kier alpha value is -3.26.